The molecule has 0 saturated carbocycles. The van der Waals surface area contributed by atoms with E-state index >= 15 is 0 Å². The molecule has 0 saturated heterocycles. The largest absolute Gasteiger partial charge is 0.478 e. The van der Waals surface area contributed by atoms with E-state index in [1.54, 1.807) is 84.9 Å². The Morgan fingerprint density at radius 1 is 0.135 bits per heavy atom. The number of carboxylic acid groups (broad SMARTS) is 6. The van der Waals surface area contributed by atoms with Crippen LogP contribution in [0.3, 0.4) is 0 Å². The summed E-state index contributed by atoms with van der Waals surface area (Å²) in [5.41, 5.74) is 0.501. The average molecular weight is 1690 g/mol. The van der Waals surface area contributed by atoms with Crippen LogP contribution < -0.4 is 56.8 Å². The minimum Gasteiger partial charge on any atom is -0.478 e. The molecule has 126 heavy (non-hydrogen) atoms. The van der Waals surface area contributed by atoms with E-state index in [4.69, 9.17) is 87.5 Å². The molecule has 16 rings (SSSR count). The first-order valence-corrected chi connectivity index (χ1v) is 36.7. The first-order chi connectivity index (χ1) is 61.2. The molecule has 4 heterocycles. The van der Waals surface area contributed by atoms with Crippen molar-refractivity contribution in [3.8, 4) is 141 Å². The van der Waals surface area contributed by atoms with Crippen LogP contribution >= 0.6 is 0 Å². The zero-order valence-corrected chi connectivity index (χ0v) is 64.6. The fourth-order valence-corrected chi connectivity index (χ4v) is 10.0. The highest BCUT2D eigenvalue weighted by Gasteiger charge is 2.20. The number of hydrogen-bond acceptors (Lipinski definition) is 30. The number of carboxylic acids is 6. The molecule has 0 fully saturated rings. The molecule has 12 aromatic carbocycles. The summed E-state index contributed by atoms with van der Waals surface area (Å²) >= 11 is 0. The van der Waals surface area contributed by atoms with Crippen molar-refractivity contribution in [1.29, 1.82) is 0 Å². The van der Waals surface area contributed by atoms with Crippen LogP contribution in [0.1, 0.15) is 62.1 Å². The maximum absolute atomic E-state index is 11.1. The summed E-state index contributed by atoms with van der Waals surface area (Å²) in [5.74, 6) is -1.55. The van der Waals surface area contributed by atoms with Gasteiger partial charge in [0.15, 0.2) is 0 Å². The third kappa shape index (κ3) is 26.0. The fraction of sp³-hybridized carbons (Fsp3) is 0. The maximum Gasteiger partial charge on any atom is 0.335 e. The molecule has 0 unspecified atom stereocenters. The van der Waals surface area contributed by atoms with Crippen molar-refractivity contribution in [3.05, 3.63) is 361 Å². The summed E-state index contributed by atoms with van der Waals surface area (Å²) in [4.78, 5) is 116. The van der Waals surface area contributed by atoms with Gasteiger partial charge in [-0.2, -0.15) is 0 Å². The number of benzene rings is 12. The van der Waals surface area contributed by atoms with Gasteiger partial charge in [-0.05, 0) is 218 Å². The fourth-order valence-electron chi connectivity index (χ4n) is 10.0. The second-order valence-electron chi connectivity index (χ2n) is 24.8. The van der Waals surface area contributed by atoms with E-state index in [1.807, 2.05) is 97.1 Å². The van der Waals surface area contributed by atoms with Crippen molar-refractivity contribution >= 4 is 35.8 Å². The van der Waals surface area contributed by atoms with E-state index in [2.05, 4.69) is 59.8 Å². The van der Waals surface area contributed by atoms with Crippen LogP contribution in [0.5, 0.6) is 141 Å². The zero-order chi connectivity index (χ0) is 87.9. The Labute approximate surface area is 710 Å². The van der Waals surface area contributed by atoms with Crippen LogP contribution in [-0.4, -0.2) is 126 Å². The molecule has 6 N–H and O–H groups in total. The Bertz CT molecular complexity index is 5920. The van der Waals surface area contributed by atoms with Crippen LogP contribution in [-0.2, 0) is 0 Å². The summed E-state index contributed by atoms with van der Waals surface area (Å²) < 4.78 is 67.9. The first-order valence-electron chi connectivity index (χ1n) is 36.7. The smallest absolute Gasteiger partial charge is 0.335 e. The lowest BCUT2D eigenvalue weighted by atomic mass is 10.2. The second kappa shape index (κ2) is 42.0. The van der Waals surface area contributed by atoms with E-state index < -0.39 is 35.8 Å². The monoisotopic (exact) mass is 1690 g/mol. The van der Waals surface area contributed by atoms with Crippen molar-refractivity contribution in [2.45, 2.75) is 0 Å². The van der Waals surface area contributed by atoms with Gasteiger partial charge in [0.05, 0.1) is 33.4 Å². The predicted molar refractivity (Wildman–Crippen MR) is 439 cm³/mol. The van der Waals surface area contributed by atoms with Gasteiger partial charge >= 0.3 is 108 Å². The summed E-state index contributed by atoms with van der Waals surface area (Å²) in [6, 6.07) is 87.1. The lowest BCUT2D eigenvalue weighted by Crippen LogP contribution is -2.02. The molecule has 0 aliphatic rings. The molecule has 0 aliphatic carbocycles. The van der Waals surface area contributed by atoms with Gasteiger partial charge in [-0.25, -0.2) is 28.8 Å². The normalized spacial score (nSPS) is 10.3. The van der Waals surface area contributed by atoms with Gasteiger partial charge in [0.2, 0.25) is 0 Å². The van der Waals surface area contributed by atoms with Crippen LogP contribution in [0.4, 0.5) is 0 Å². The zero-order valence-electron chi connectivity index (χ0n) is 64.6. The number of nitrogens with zero attached hydrogens (tertiary/aromatic N) is 12. The number of hydrogen-bond donors (Lipinski definition) is 6. The quantitative estimate of drug-likeness (QED) is 0.0243. The molecule has 16 aromatic rings. The van der Waals surface area contributed by atoms with E-state index in [1.165, 1.54) is 146 Å². The molecular formula is C90H60N12O24. The van der Waals surface area contributed by atoms with Gasteiger partial charge in [-0.3, -0.25) is 0 Å². The van der Waals surface area contributed by atoms with Crippen LogP contribution in [0.15, 0.2) is 328 Å². The van der Waals surface area contributed by atoms with Gasteiger partial charge in [-0.15, -0.1) is 59.8 Å². The highest BCUT2D eigenvalue weighted by Crippen LogP contribution is 2.34. The summed E-state index contributed by atoms with van der Waals surface area (Å²) in [6.07, 6.45) is 0. The number of aromatic nitrogens is 12. The molecule has 36 heteroatoms. The highest BCUT2D eigenvalue weighted by molar-refractivity contribution is 5.90. The Morgan fingerprint density at radius 2 is 0.222 bits per heavy atom. The topological polar surface area (TPSA) is 489 Å². The number of rotatable bonds is 30. The third-order valence-electron chi connectivity index (χ3n) is 15.9. The second-order valence-corrected chi connectivity index (χ2v) is 24.8. The van der Waals surface area contributed by atoms with Crippen LogP contribution in [0.2, 0.25) is 0 Å². The van der Waals surface area contributed by atoms with E-state index in [9.17, 15) is 28.8 Å². The predicted octanol–water partition coefficient (Wildman–Crippen LogP) is 19.2. The summed E-state index contributed by atoms with van der Waals surface area (Å²) in [5, 5.41) is 54.2. The molecule has 4 aromatic heterocycles. The minimum absolute atomic E-state index is 0.0145. The Kier molecular flexibility index (Phi) is 28.3. The van der Waals surface area contributed by atoms with Crippen molar-refractivity contribution < 1.29 is 116 Å². The van der Waals surface area contributed by atoms with Crippen molar-refractivity contribution in [2.24, 2.45) is 0 Å². The molecule has 624 valence electrons. The van der Waals surface area contributed by atoms with Gasteiger partial charge in [0.25, 0.3) is 0 Å². The van der Waals surface area contributed by atoms with Gasteiger partial charge in [-0.1, -0.05) is 109 Å². The Balaban J connectivity index is 0.000000145. The number of aromatic carboxylic acids is 6. The molecule has 36 nitrogen and oxygen atoms in total. The van der Waals surface area contributed by atoms with Crippen molar-refractivity contribution in [2.75, 3.05) is 0 Å². The lowest BCUT2D eigenvalue weighted by molar-refractivity contribution is 0.0686. The number of carbonyl (C=O) groups is 6. The SMILES string of the molecule is O=C(O)c1ccc(Oc2nc(Oc3ccc(C(=O)O)cc3)nc(Oc3ccc(C(=O)O)cc3)n2)cc1.O=C(O)c1ccc(Oc2nc(Oc3ccccc3)nc(Oc3ccc(C(=O)O)cc3)n2)cc1.O=C(O)c1ccc(Oc2nc(Oc3ccccc3)nc(Oc3ccccc3)n2)cc1.c1ccc(Oc2nc(Oc3ccccc3)nc(Oc3ccccc3)n2)cc1. The molecule has 0 aliphatic heterocycles. The molecule has 0 spiro atoms. The van der Waals surface area contributed by atoms with Crippen LogP contribution in [0.25, 0.3) is 0 Å². The molecule has 0 atom stereocenters. The van der Waals surface area contributed by atoms with E-state index in [-0.39, 0.29) is 134 Å². The number of para-hydroxylation sites is 6. The van der Waals surface area contributed by atoms with Gasteiger partial charge < -0.3 is 87.5 Å². The Morgan fingerprint density at radius 3 is 0.310 bits per heavy atom. The van der Waals surface area contributed by atoms with E-state index in [0.29, 0.717) is 40.2 Å². The van der Waals surface area contributed by atoms with Crippen molar-refractivity contribution in [3.63, 3.8) is 0 Å². The Hall–Kier alpha value is -18.9. The van der Waals surface area contributed by atoms with Crippen molar-refractivity contribution in [1.82, 2.24) is 59.8 Å². The van der Waals surface area contributed by atoms with Gasteiger partial charge in [0.1, 0.15) is 69.0 Å². The van der Waals surface area contributed by atoms with Crippen LogP contribution in [0, 0.1) is 0 Å². The van der Waals surface area contributed by atoms with E-state index in [0.717, 1.165) is 0 Å². The molecule has 0 bridgehead atoms. The number of ether oxygens (including phenoxy) is 12. The first kappa shape index (κ1) is 85.0. The molecule has 0 radical (unpaired) electrons. The minimum atomic E-state index is -1.10. The lowest BCUT2D eigenvalue weighted by Gasteiger charge is -2.10. The summed E-state index contributed by atoms with van der Waals surface area (Å²) in [7, 11) is 0. The average Bonchev–Trinajstić information content (AvgIpc) is 0.844. The third-order valence-corrected chi connectivity index (χ3v) is 15.9. The highest BCUT2D eigenvalue weighted by atomic mass is 16.6. The standard InChI is InChI=1S/C24H15N3O9.C23H15N3O7.C22H15N3O5.C21H15N3O3/c28-19(29)13-1-7-16(8-2-13)34-22-25-23(35-17-9-3-14(4-10-17)20(30)31)27-24(26-22)36-18-11-5-15(6-12-18)21(32)33;27-19(28)14-6-10-17(11-7-14)32-22-24-21(31-16-4-2-1-3-5-16)25-23(26-22)33-18-12-8-15(9-13-18)20(29)30;26-19(27)15-11-13-18(14-12-15)30-22-24-20(28-16-7-3-1-4-8-16)23-21(25-22)29-17-9-5-2-6-10-17;1-4-10-16(11-5-1)25-19-22-20(26-17-12-6-2-7-13-17)24-21(23-19)27-18-14-8-3-9-15-18/h1-12H,(H,28,29)(H,30,31)(H,32,33);1-13H,(H,27,28)(H,29,30);1-14H,(H,26,27);1-15H. The molecule has 0 amide bonds. The summed E-state index contributed by atoms with van der Waals surface area (Å²) in [6.45, 7) is 0. The molecular weight excluding hydrogens is 1630 g/mol. The maximum atomic E-state index is 11.1. The van der Waals surface area contributed by atoms with Gasteiger partial charge in [0, 0.05) is 0 Å².